The van der Waals surface area contributed by atoms with E-state index in [2.05, 4.69) is 11.4 Å². The third kappa shape index (κ3) is 3.36. The molecule has 0 saturated heterocycles. The van der Waals surface area contributed by atoms with Crippen molar-refractivity contribution >= 4 is 16.7 Å². The number of fused-ring (bicyclic) bond motifs is 1. The first-order valence-electron chi connectivity index (χ1n) is 6.77. The van der Waals surface area contributed by atoms with Crippen LogP contribution in [0.5, 0.6) is 0 Å². The summed E-state index contributed by atoms with van der Waals surface area (Å²) in [6.07, 6.45) is 0.301. The van der Waals surface area contributed by atoms with Gasteiger partial charge in [-0.15, -0.1) is 0 Å². The number of hydrogen-bond donors (Lipinski definition) is 1. The van der Waals surface area contributed by atoms with Gasteiger partial charge >= 0.3 is 0 Å². The number of nitrogens with zero attached hydrogens (tertiary/aromatic N) is 1. The molecule has 1 amide bonds. The van der Waals surface area contributed by atoms with Gasteiger partial charge in [0.2, 0.25) is 5.91 Å². The Bertz CT molecular complexity index is 655. The maximum absolute atomic E-state index is 12.0. The van der Waals surface area contributed by atoms with E-state index in [0.717, 1.165) is 16.3 Å². The van der Waals surface area contributed by atoms with Gasteiger partial charge in [-0.05, 0) is 22.3 Å². The number of nitrogens with one attached hydrogen (secondary N) is 1. The van der Waals surface area contributed by atoms with Crippen LogP contribution in [0.3, 0.4) is 0 Å². The summed E-state index contributed by atoms with van der Waals surface area (Å²) < 4.78 is 0. The normalized spacial score (nSPS) is 12.1. The molecule has 3 nitrogen and oxygen atoms in total. The molecule has 3 heteroatoms. The highest BCUT2D eigenvalue weighted by Gasteiger charge is 2.15. The highest BCUT2D eigenvalue weighted by atomic mass is 16.1. The fraction of sp³-hybridized carbons (Fsp3) is 0.294. The Morgan fingerprint density at radius 3 is 2.55 bits per heavy atom. The molecule has 0 aliphatic rings. The van der Waals surface area contributed by atoms with Crippen LogP contribution >= 0.6 is 0 Å². The molecule has 0 heterocycles. The monoisotopic (exact) mass is 266 g/mol. The smallest absolute Gasteiger partial charge is 0.225 e. The molecule has 0 unspecified atom stereocenters. The van der Waals surface area contributed by atoms with E-state index in [1.165, 1.54) is 0 Å². The molecule has 0 saturated carbocycles. The zero-order valence-electron chi connectivity index (χ0n) is 11.8. The van der Waals surface area contributed by atoms with E-state index < -0.39 is 6.04 Å². The Kier molecular flexibility index (Phi) is 4.37. The van der Waals surface area contributed by atoms with Gasteiger partial charge in [0.15, 0.2) is 0 Å². The van der Waals surface area contributed by atoms with Crippen molar-refractivity contribution in [3.05, 3.63) is 48.0 Å². The summed E-state index contributed by atoms with van der Waals surface area (Å²) in [5.41, 5.74) is 0.960. The van der Waals surface area contributed by atoms with Crippen molar-refractivity contribution in [3.8, 4) is 6.07 Å². The number of carbonyl (C=O) groups excluding carboxylic acids is 1. The van der Waals surface area contributed by atoms with E-state index in [4.69, 9.17) is 5.26 Å². The van der Waals surface area contributed by atoms with Gasteiger partial charge in [0.1, 0.15) is 6.04 Å². The minimum Gasteiger partial charge on any atom is -0.340 e. The van der Waals surface area contributed by atoms with Crippen molar-refractivity contribution in [3.63, 3.8) is 0 Å². The highest BCUT2D eigenvalue weighted by Crippen LogP contribution is 2.16. The van der Waals surface area contributed by atoms with Gasteiger partial charge in [0.25, 0.3) is 0 Å². The maximum Gasteiger partial charge on any atom is 0.225 e. The van der Waals surface area contributed by atoms with E-state index in [-0.39, 0.29) is 11.8 Å². The molecule has 2 aromatic carbocycles. The summed E-state index contributed by atoms with van der Waals surface area (Å²) in [6.45, 7) is 3.84. The first-order chi connectivity index (χ1) is 9.60. The predicted molar refractivity (Wildman–Crippen MR) is 80.0 cm³/mol. The molecule has 0 bridgehead atoms. The van der Waals surface area contributed by atoms with Crippen LogP contribution in [0.4, 0.5) is 0 Å². The lowest BCUT2D eigenvalue weighted by molar-refractivity contribution is -0.121. The summed E-state index contributed by atoms with van der Waals surface area (Å²) in [6, 6.07) is 15.7. The number of amides is 1. The molecular formula is C17H18N2O. The SMILES string of the molecule is CC(C)[C@H](C#N)NC(=O)Cc1ccc2ccccc2c1. The number of hydrogen-bond acceptors (Lipinski definition) is 2. The van der Waals surface area contributed by atoms with Crippen LogP contribution in [0.25, 0.3) is 10.8 Å². The van der Waals surface area contributed by atoms with Crippen molar-refractivity contribution in [1.29, 1.82) is 5.26 Å². The topological polar surface area (TPSA) is 52.9 Å². The molecule has 0 aliphatic carbocycles. The lowest BCUT2D eigenvalue weighted by atomic mass is 10.0. The van der Waals surface area contributed by atoms with Crippen molar-refractivity contribution in [1.82, 2.24) is 5.32 Å². The Morgan fingerprint density at radius 1 is 1.20 bits per heavy atom. The summed E-state index contributed by atoms with van der Waals surface area (Å²) in [5.74, 6) is 0.00100. The van der Waals surface area contributed by atoms with Crippen LogP contribution in [0.2, 0.25) is 0 Å². The molecule has 0 aliphatic heterocycles. The predicted octanol–water partition coefficient (Wildman–Crippen LogP) is 3.05. The van der Waals surface area contributed by atoms with Crippen molar-refractivity contribution in [2.24, 2.45) is 5.92 Å². The van der Waals surface area contributed by atoms with Gasteiger partial charge in [-0.1, -0.05) is 56.3 Å². The van der Waals surface area contributed by atoms with Gasteiger partial charge < -0.3 is 5.32 Å². The average Bonchev–Trinajstić information content (AvgIpc) is 2.44. The highest BCUT2D eigenvalue weighted by molar-refractivity contribution is 5.85. The Balaban J connectivity index is 2.08. The second kappa shape index (κ2) is 6.21. The fourth-order valence-electron chi connectivity index (χ4n) is 2.11. The first kappa shape index (κ1) is 14.1. The standard InChI is InChI=1S/C17H18N2O/c1-12(2)16(11-18)19-17(20)10-13-7-8-14-5-3-4-6-15(14)9-13/h3-9,12,16H,10H2,1-2H3,(H,19,20)/t16-/m0/s1. The van der Waals surface area contributed by atoms with Crippen molar-refractivity contribution in [2.45, 2.75) is 26.3 Å². The number of carbonyl (C=O) groups is 1. The molecule has 0 fully saturated rings. The molecule has 2 aromatic rings. The lowest BCUT2D eigenvalue weighted by Crippen LogP contribution is -2.38. The van der Waals surface area contributed by atoms with Crippen LogP contribution < -0.4 is 5.32 Å². The fourth-order valence-corrected chi connectivity index (χ4v) is 2.11. The van der Waals surface area contributed by atoms with Crippen molar-refractivity contribution < 1.29 is 4.79 Å². The molecule has 0 aromatic heterocycles. The maximum atomic E-state index is 12.0. The van der Waals surface area contributed by atoms with E-state index >= 15 is 0 Å². The van der Waals surface area contributed by atoms with Crippen LogP contribution in [-0.2, 0) is 11.2 Å². The lowest BCUT2D eigenvalue weighted by Gasteiger charge is -2.14. The van der Waals surface area contributed by atoms with E-state index in [0.29, 0.717) is 6.42 Å². The average molecular weight is 266 g/mol. The zero-order valence-corrected chi connectivity index (χ0v) is 11.8. The summed E-state index contributed by atoms with van der Waals surface area (Å²) in [5, 5.41) is 14.0. The van der Waals surface area contributed by atoms with Gasteiger partial charge in [-0.3, -0.25) is 4.79 Å². The molecule has 2 rings (SSSR count). The minimum absolute atomic E-state index is 0.111. The second-order valence-electron chi connectivity index (χ2n) is 5.28. The summed E-state index contributed by atoms with van der Waals surface area (Å²) in [7, 11) is 0. The molecule has 20 heavy (non-hydrogen) atoms. The Hall–Kier alpha value is -2.34. The molecule has 0 radical (unpaired) electrons. The van der Waals surface area contributed by atoms with Crippen LogP contribution in [-0.4, -0.2) is 11.9 Å². The van der Waals surface area contributed by atoms with E-state index in [1.54, 1.807) is 0 Å². The molecule has 1 N–H and O–H groups in total. The number of rotatable bonds is 4. The second-order valence-corrected chi connectivity index (χ2v) is 5.28. The largest absolute Gasteiger partial charge is 0.340 e. The number of benzene rings is 2. The Labute approximate surface area is 119 Å². The zero-order chi connectivity index (χ0) is 14.5. The van der Waals surface area contributed by atoms with Crippen LogP contribution in [0.15, 0.2) is 42.5 Å². The molecule has 102 valence electrons. The third-order valence-electron chi connectivity index (χ3n) is 3.30. The summed E-state index contributed by atoms with van der Waals surface area (Å²) in [4.78, 5) is 12.0. The van der Waals surface area contributed by atoms with Gasteiger partial charge in [-0.2, -0.15) is 5.26 Å². The van der Waals surface area contributed by atoms with E-state index in [9.17, 15) is 4.79 Å². The number of nitriles is 1. The molecule has 0 spiro atoms. The Morgan fingerprint density at radius 2 is 1.90 bits per heavy atom. The summed E-state index contributed by atoms with van der Waals surface area (Å²) >= 11 is 0. The van der Waals surface area contributed by atoms with Crippen molar-refractivity contribution in [2.75, 3.05) is 0 Å². The van der Waals surface area contributed by atoms with Gasteiger partial charge in [-0.25, -0.2) is 0 Å². The van der Waals surface area contributed by atoms with Crippen LogP contribution in [0.1, 0.15) is 19.4 Å². The van der Waals surface area contributed by atoms with Crippen LogP contribution in [0, 0.1) is 17.2 Å². The van der Waals surface area contributed by atoms with Gasteiger partial charge in [0, 0.05) is 0 Å². The minimum atomic E-state index is -0.428. The quantitative estimate of drug-likeness (QED) is 0.924. The molecule has 1 atom stereocenters. The van der Waals surface area contributed by atoms with E-state index in [1.807, 2.05) is 56.3 Å². The third-order valence-corrected chi connectivity index (χ3v) is 3.30. The first-order valence-corrected chi connectivity index (χ1v) is 6.77. The molecular weight excluding hydrogens is 248 g/mol. The van der Waals surface area contributed by atoms with Gasteiger partial charge in [0.05, 0.1) is 12.5 Å².